The number of urea groups is 1. The summed E-state index contributed by atoms with van der Waals surface area (Å²) in [5, 5.41) is 9.85. The van der Waals surface area contributed by atoms with Gasteiger partial charge in [0.1, 0.15) is 5.82 Å². The van der Waals surface area contributed by atoms with Crippen molar-refractivity contribution < 1.29 is 19.1 Å². The largest absolute Gasteiger partial charge is 0.493 e. The second-order valence-electron chi connectivity index (χ2n) is 7.38. The number of aromatic nitrogens is 2. The lowest BCUT2D eigenvalue weighted by molar-refractivity contribution is -0.120. The smallest absolute Gasteiger partial charge is 0.324 e. The average molecular weight is 424 g/mol. The van der Waals surface area contributed by atoms with Crippen molar-refractivity contribution in [1.82, 2.24) is 9.78 Å². The molecule has 2 aliphatic rings. The number of hydrogen-bond acceptors (Lipinski definition) is 6. The van der Waals surface area contributed by atoms with Gasteiger partial charge >= 0.3 is 6.03 Å². The van der Waals surface area contributed by atoms with Gasteiger partial charge in [0, 0.05) is 23.5 Å². The maximum atomic E-state index is 12.6. The van der Waals surface area contributed by atoms with Crippen LogP contribution in [0.1, 0.15) is 31.4 Å². The van der Waals surface area contributed by atoms with Crippen LogP contribution < -0.4 is 20.1 Å². The van der Waals surface area contributed by atoms with Crippen molar-refractivity contribution in [1.29, 1.82) is 0 Å². The number of amides is 3. The summed E-state index contributed by atoms with van der Waals surface area (Å²) in [5.74, 6) is 1.16. The fraction of sp³-hybridized carbons (Fsp3) is 0.381. The molecule has 31 heavy (non-hydrogen) atoms. The highest BCUT2D eigenvalue weighted by molar-refractivity contribution is 6.16. The number of rotatable bonds is 4. The van der Waals surface area contributed by atoms with Crippen LogP contribution in [0.5, 0.6) is 11.5 Å². The molecule has 162 valence electrons. The number of ether oxygens (including phenoxy) is 2. The van der Waals surface area contributed by atoms with E-state index in [0.717, 1.165) is 31.4 Å². The number of aliphatic imine (C=N–C) groups is 2. The summed E-state index contributed by atoms with van der Waals surface area (Å²) < 4.78 is 11.9. The molecular formula is C21H24N6O4. The molecule has 1 fully saturated rings. The monoisotopic (exact) mass is 424 g/mol. The van der Waals surface area contributed by atoms with Crippen molar-refractivity contribution in [3.05, 3.63) is 30.0 Å². The molecule has 0 radical (unpaired) electrons. The number of aryl methyl sites for hydroxylation is 1. The quantitative estimate of drug-likeness (QED) is 0.781. The second kappa shape index (κ2) is 8.58. The average Bonchev–Trinajstić information content (AvgIpc) is 3.13. The van der Waals surface area contributed by atoms with E-state index in [9.17, 15) is 9.59 Å². The van der Waals surface area contributed by atoms with Gasteiger partial charge in [0.15, 0.2) is 11.5 Å². The van der Waals surface area contributed by atoms with Crippen molar-refractivity contribution >= 4 is 35.1 Å². The van der Waals surface area contributed by atoms with E-state index in [1.165, 1.54) is 11.8 Å². The van der Waals surface area contributed by atoms with Crippen LogP contribution in [0.15, 0.2) is 34.3 Å². The molecule has 3 amide bonds. The van der Waals surface area contributed by atoms with E-state index < -0.39 is 6.03 Å². The summed E-state index contributed by atoms with van der Waals surface area (Å²) in [6.07, 6.45) is 3.57. The van der Waals surface area contributed by atoms with E-state index in [1.54, 1.807) is 38.3 Å². The third-order valence-electron chi connectivity index (χ3n) is 5.23. The van der Waals surface area contributed by atoms with E-state index in [0.29, 0.717) is 28.7 Å². The first kappa shape index (κ1) is 20.6. The Morgan fingerprint density at radius 2 is 1.90 bits per heavy atom. The van der Waals surface area contributed by atoms with Gasteiger partial charge in [-0.05, 0) is 38.3 Å². The Hall–Kier alpha value is -3.69. The maximum Gasteiger partial charge on any atom is 0.324 e. The van der Waals surface area contributed by atoms with E-state index in [-0.39, 0.29) is 17.8 Å². The zero-order valence-electron chi connectivity index (χ0n) is 17.6. The Kier molecular flexibility index (Phi) is 5.70. The van der Waals surface area contributed by atoms with Gasteiger partial charge in [0.25, 0.3) is 11.9 Å². The lowest BCUT2D eigenvalue weighted by Gasteiger charge is -2.24. The molecule has 1 unspecified atom stereocenters. The van der Waals surface area contributed by atoms with Crippen molar-refractivity contribution in [2.75, 3.05) is 24.9 Å². The first-order valence-electron chi connectivity index (χ1n) is 10.1. The molecule has 1 aliphatic heterocycles. The first-order valence-corrected chi connectivity index (χ1v) is 10.1. The highest BCUT2D eigenvalue weighted by Crippen LogP contribution is 2.30. The van der Waals surface area contributed by atoms with Crippen molar-refractivity contribution in [3.8, 4) is 11.5 Å². The van der Waals surface area contributed by atoms with Crippen LogP contribution >= 0.6 is 0 Å². The van der Waals surface area contributed by atoms with Crippen LogP contribution in [-0.2, 0) is 4.79 Å². The zero-order chi connectivity index (χ0) is 22.0. The van der Waals surface area contributed by atoms with Gasteiger partial charge in [-0.2, -0.15) is 14.8 Å². The highest BCUT2D eigenvalue weighted by Gasteiger charge is 2.32. The molecule has 10 heteroatoms. The van der Waals surface area contributed by atoms with Gasteiger partial charge in [-0.15, -0.1) is 0 Å². The topological polar surface area (TPSA) is 119 Å². The molecule has 1 aromatic carbocycles. The number of anilines is 2. The first-order chi connectivity index (χ1) is 15.0. The Morgan fingerprint density at radius 3 is 2.68 bits per heavy atom. The third-order valence-corrected chi connectivity index (χ3v) is 5.23. The number of nitrogens with one attached hydrogen (secondary N) is 2. The zero-order valence-corrected chi connectivity index (χ0v) is 17.6. The number of benzene rings is 1. The lowest BCUT2D eigenvalue weighted by Crippen LogP contribution is -2.34. The fourth-order valence-electron chi connectivity index (χ4n) is 3.75. The molecule has 0 saturated heterocycles. The van der Waals surface area contributed by atoms with Gasteiger partial charge in [0.2, 0.25) is 0 Å². The second-order valence-corrected chi connectivity index (χ2v) is 7.38. The SMILES string of the molecule is COc1ccc(NC(=O)Nc2cc(C)nn2C2=NC(=O)C3CCCCC3=N2)cc1OC. The van der Waals surface area contributed by atoms with Gasteiger partial charge in [-0.1, -0.05) is 6.42 Å². The number of fused-ring (bicyclic) bond motifs is 1. The molecular weight excluding hydrogens is 400 g/mol. The van der Waals surface area contributed by atoms with Crippen LogP contribution in [0.3, 0.4) is 0 Å². The fourth-order valence-corrected chi connectivity index (χ4v) is 3.75. The van der Waals surface area contributed by atoms with Crippen molar-refractivity contribution in [2.24, 2.45) is 15.9 Å². The van der Waals surface area contributed by atoms with Crippen LogP contribution in [-0.4, -0.2) is 47.6 Å². The van der Waals surface area contributed by atoms with Crippen molar-refractivity contribution in [3.63, 3.8) is 0 Å². The molecule has 1 atom stereocenters. The number of nitrogens with zero attached hydrogens (tertiary/aromatic N) is 4. The Morgan fingerprint density at radius 1 is 1.10 bits per heavy atom. The van der Waals surface area contributed by atoms with E-state index >= 15 is 0 Å². The predicted molar refractivity (Wildman–Crippen MR) is 116 cm³/mol. The van der Waals surface area contributed by atoms with Crippen molar-refractivity contribution in [2.45, 2.75) is 32.6 Å². The minimum atomic E-state index is -0.487. The van der Waals surface area contributed by atoms with Gasteiger partial charge < -0.3 is 14.8 Å². The normalized spacial score (nSPS) is 17.9. The molecule has 0 bridgehead atoms. The van der Waals surface area contributed by atoms with E-state index in [1.807, 2.05) is 0 Å². The molecule has 0 spiro atoms. The molecule has 1 saturated carbocycles. The molecule has 2 N–H and O–H groups in total. The maximum absolute atomic E-state index is 12.6. The Bertz CT molecular complexity index is 1090. The van der Waals surface area contributed by atoms with Crippen LogP contribution in [0.4, 0.5) is 16.3 Å². The standard InChI is InChI=1S/C21H24N6O4/c1-12-10-18(24-21(29)22-13-8-9-16(30-2)17(11-13)31-3)27(26-12)20-23-15-7-5-4-6-14(15)19(28)25-20/h8-11,14H,4-7H2,1-3H3,(H2,22,24,29). The minimum Gasteiger partial charge on any atom is -0.493 e. The molecule has 1 aromatic heterocycles. The number of hydrogen-bond donors (Lipinski definition) is 2. The predicted octanol–water partition coefficient (Wildman–Crippen LogP) is 3.23. The molecule has 1 aliphatic carbocycles. The van der Waals surface area contributed by atoms with Gasteiger partial charge in [-0.25, -0.2) is 9.79 Å². The van der Waals surface area contributed by atoms with Gasteiger partial charge in [0.05, 0.1) is 25.8 Å². The molecule has 2 aromatic rings. The molecule has 2 heterocycles. The van der Waals surface area contributed by atoms with Crippen LogP contribution in [0, 0.1) is 12.8 Å². The Labute approximate surface area is 179 Å². The van der Waals surface area contributed by atoms with E-state index in [4.69, 9.17) is 9.47 Å². The number of carbonyl (C=O) groups excluding carboxylic acids is 2. The minimum absolute atomic E-state index is 0.174. The molecule has 10 nitrogen and oxygen atoms in total. The van der Waals surface area contributed by atoms with Gasteiger partial charge in [-0.3, -0.25) is 10.1 Å². The molecule has 4 rings (SSSR count). The van der Waals surface area contributed by atoms with Crippen LogP contribution in [0.2, 0.25) is 0 Å². The summed E-state index contributed by atoms with van der Waals surface area (Å²) >= 11 is 0. The summed E-state index contributed by atoms with van der Waals surface area (Å²) in [6, 6.07) is 6.25. The third kappa shape index (κ3) is 4.27. The summed E-state index contributed by atoms with van der Waals surface area (Å²) in [4.78, 5) is 33.8. The summed E-state index contributed by atoms with van der Waals surface area (Å²) in [7, 11) is 3.06. The Balaban J connectivity index is 1.54. The number of methoxy groups -OCH3 is 2. The number of carbonyl (C=O) groups is 2. The summed E-state index contributed by atoms with van der Waals surface area (Å²) in [6.45, 7) is 1.79. The lowest BCUT2D eigenvalue weighted by atomic mass is 9.86. The van der Waals surface area contributed by atoms with E-state index in [2.05, 4.69) is 25.7 Å². The highest BCUT2D eigenvalue weighted by atomic mass is 16.5. The summed E-state index contributed by atoms with van der Waals surface area (Å²) in [5.41, 5.74) is 2.02. The van der Waals surface area contributed by atoms with Crippen LogP contribution in [0.25, 0.3) is 0 Å².